The molecule has 0 aromatic heterocycles. The molecule has 0 unspecified atom stereocenters. The summed E-state index contributed by atoms with van der Waals surface area (Å²) in [6.45, 7) is 1.21. The Morgan fingerprint density at radius 1 is 0.895 bits per heavy atom. The molecule has 0 amide bonds. The van der Waals surface area contributed by atoms with Crippen LogP contribution in [0.25, 0.3) is 0 Å². The van der Waals surface area contributed by atoms with Crippen molar-refractivity contribution in [1.29, 1.82) is 0 Å². The minimum Gasteiger partial charge on any atom is -0.370 e. The van der Waals surface area contributed by atoms with Gasteiger partial charge in [0.1, 0.15) is 0 Å². The van der Waals surface area contributed by atoms with Crippen LogP contribution >= 0.6 is 25.3 Å². The fraction of sp³-hybridized carbons (Fsp3) is 0.667. The lowest BCUT2D eigenvalue weighted by Crippen LogP contribution is -2.23. The van der Waals surface area contributed by atoms with E-state index in [-0.39, 0.29) is 11.9 Å². The van der Waals surface area contributed by atoms with Crippen LogP contribution in [0.2, 0.25) is 0 Å². The molecule has 0 saturated carbocycles. The second-order valence-electron chi connectivity index (χ2n) is 2.51. The average Bonchev–Trinajstić information content (AvgIpc) is 2.22. The smallest absolute Gasteiger partial charge is 0.370 e. The van der Waals surface area contributed by atoms with Gasteiger partial charge in [0.25, 0.3) is 0 Å². The summed E-state index contributed by atoms with van der Waals surface area (Å²) < 4.78 is 31.6. The van der Waals surface area contributed by atoms with Crippen molar-refractivity contribution in [2.45, 2.75) is 0 Å². The second-order valence-corrected chi connectivity index (χ2v) is 4.30. The van der Waals surface area contributed by atoms with Crippen molar-refractivity contribution < 1.29 is 17.5 Å². The Bertz CT molecular complexity index is 322. The van der Waals surface area contributed by atoms with Crippen molar-refractivity contribution in [3.8, 4) is 0 Å². The summed E-state index contributed by atoms with van der Waals surface area (Å²) >= 11 is 7.75. The highest BCUT2D eigenvalue weighted by Crippen LogP contribution is 1.72. The third-order valence-electron chi connectivity index (χ3n) is 0.789. The van der Waals surface area contributed by atoms with E-state index in [1.807, 2.05) is 0 Å². The zero-order valence-electron chi connectivity index (χ0n) is 10.0. The third-order valence-corrected chi connectivity index (χ3v) is 1.19. The van der Waals surface area contributed by atoms with Crippen molar-refractivity contribution in [2.75, 3.05) is 24.6 Å². The summed E-state index contributed by atoms with van der Waals surface area (Å²) in [4.78, 5) is 7.28. The third kappa shape index (κ3) is 77.3. The molecular formula is C6H20N6O4S3. The number of aliphatic imine (C=N–C) groups is 2. The van der Waals surface area contributed by atoms with Crippen LogP contribution in [-0.4, -0.2) is 54.0 Å². The predicted molar refractivity (Wildman–Crippen MR) is 83.2 cm³/mol. The Morgan fingerprint density at radius 2 is 1.11 bits per heavy atom. The van der Waals surface area contributed by atoms with Gasteiger partial charge in [-0.3, -0.25) is 19.1 Å². The number of thiol groups is 2. The molecule has 0 aromatic carbocycles. The standard InChI is InChI=1S/2C3H9N3S.H2O4S/c2*4-3(5)6-1-2-7;1-5(2,3)4/h2*7H,1-2H2,(H4,4,5,6);(H2,1,2,3,4). The number of hydrogen-bond donors (Lipinski definition) is 8. The van der Waals surface area contributed by atoms with Gasteiger partial charge in [-0.05, 0) is 0 Å². The summed E-state index contributed by atoms with van der Waals surface area (Å²) in [6.07, 6.45) is 0. The molecule has 0 aliphatic rings. The normalized spacial score (nSPS) is 9.05. The topological polar surface area (TPSA) is 203 Å². The van der Waals surface area contributed by atoms with Gasteiger partial charge >= 0.3 is 10.4 Å². The van der Waals surface area contributed by atoms with Gasteiger partial charge < -0.3 is 22.9 Å². The highest BCUT2D eigenvalue weighted by Gasteiger charge is 1.84. The van der Waals surface area contributed by atoms with Gasteiger partial charge in [-0.15, -0.1) is 0 Å². The summed E-state index contributed by atoms with van der Waals surface area (Å²) in [5.74, 6) is 1.65. The lowest BCUT2D eigenvalue weighted by molar-refractivity contribution is 0.381. The van der Waals surface area contributed by atoms with Crippen molar-refractivity contribution in [3.63, 3.8) is 0 Å². The fourth-order valence-corrected chi connectivity index (χ4v) is 0.558. The Labute approximate surface area is 123 Å². The molecule has 19 heavy (non-hydrogen) atoms. The second kappa shape index (κ2) is 15.2. The van der Waals surface area contributed by atoms with Gasteiger partial charge in [0.2, 0.25) is 0 Å². The maximum Gasteiger partial charge on any atom is 0.394 e. The number of hydrogen-bond acceptors (Lipinski definition) is 6. The van der Waals surface area contributed by atoms with Crippen molar-refractivity contribution in [1.82, 2.24) is 0 Å². The molecule has 0 aliphatic carbocycles. The molecule has 0 fully saturated rings. The summed E-state index contributed by atoms with van der Waals surface area (Å²) in [7, 11) is -4.67. The maximum atomic E-state index is 8.74. The van der Waals surface area contributed by atoms with E-state index in [1.54, 1.807) is 0 Å². The van der Waals surface area contributed by atoms with Crippen LogP contribution in [0.5, 0.6) is 0 Å². The van der Waals surface area contributed by atoms with Gasteiger partial charge in [0.05, 0.1) is 13.1 Å². The first-order valence-corrected chi connectivity index (χ1v) is 7.23. The van der Waals surface area contributed by atoms with E-state index < -0.39 is 10.4 Å². The van der Waals surface area contributed by atoms with Crippen LogP contribution in [0.1, 0.15) is 0 Å². The highest BCUT2D eigenvalue weighted by molar-refractivity contribution is 7.80. The van der Waals surface area contributed by atoms with Crippen LogP contribution in [0.3, 0.4) is 0 Å². The molecule has 0 radical (unpaired) electrons. The molecule has 0 spiro atoms. The minimum absolute atomic E-state index is 0.133. The lowest BCUT2D eigenvalue weighted by Gasteiger charge is -1.86. The van der Waals surface area contributed by atoms with Gasteiger partial charge in [-0.2, -0.15) is 33.7 Å². The zero-order chi connectivity index (χ0) is 15.9. The van der Waals surface area contributed by atoms with E-state index in [2.05, 4.69) is 35.2 Å². The van der Waals surface area contributed by atoms with Crippen LogP contribution in [0, 0.1) is 0 Å². The quantitative estimate of drug-likeness (QED) is 0.121. The first-order chi connectivity index (χ1) is 8.54. The van der Waals surface area contributed by atoms with Crippen LogP contribution < -0.4 is 22.9 Å². The Kier molecular flexibility index (Phi) is 18.5. The molecule has 0 rings (SSSR count). The molecule has 13 heteroatoms. The highest BCUT2D eigenvalue weighted by atomic mass is 32.3. The number of guanidine groups is 2. The van der Waals surface area contributed by atoms with E-state index in [0.717, 1.165) is 0 Å². The van der Waals surface area contributed by atoms with Gasteiger partial charge in [0, 0.05) is 11.5 Å². The minimum atomic E-state index is -4.67. The van der Waals surface area contributed by atoms with Gasteiger partial charge in [-0.1, -0.05) is 0 Å². The Morgan fingerprint density at radius 3 is 1.16 bits per heavy atom. The van der Waals surface area contributed by atoms with Crippen LogP contribution in [-0.2, 0) is 10.4 Å². The summed E-state index contributed by atoms with van der Waals surface area (Å²) in [6, 6.07) is 0. The molecule has 0 heterocycles. The first kappa shape index (κ1) is 23.2. The van der Waals surface area contributed by atoms with E-state index >= 15 is 0 Å². The molecule has 0 saturated heterocycles. The molecular weight excluding hydrogens is 316 g/mol. The van der Waals surface area contributed by atoms with Crippen molar-refractivity contribution in [2.24, 2.45) is 32.9 Å². The van der Waals surface area contributed by atoms with Gasteiger partial charge in [-0.25, -0.2) is 0 Å². The number of nitrogens with two attached hydrogens (primary N) is 4. The molecule has 0 bridgehead atoms. The van der Waals surface area contributed by atoms with E-state index in [1.165, 1.54) is 0 Å². The van der Waals surface area contributed by atoms with E-state index in [9.17, 15) is 0 Å². The summed E-state index contributed by atoms with van der Waals surface area (Å²) in [5, 5.41) is 0. The van der Waals surface area contributed by atoms with Crippen molar-refractivity contribution in [3.05, 3.63) is 0 Å². The first-order valence-electron chi connectivity index (χ1n) is 4.57. The van der Waals surface area contributed by atoms with Crippen molar-refractivity contribution >= 4 is 47.6 Å². The molecule has 10 nitrogen and oxygen atoms in total. The number of nitrogens with zero attached hydrogens (tertiary/aromatic N) is 2. The molecule has 116 valence electrons. The van der Waals surface area contributed by atoms with Crippen LogP contribution in [0.4, 0.5) is 0 Å². The molecule has 10 N–H and O–H groups in total. The van der Waals surface area contributed by atoms with E-state index in [0.29, 0.717) is 24.6 Å². The average molecular weight is 336 g/mol. The van der Waals surface area contributed by atoms with Gasteiger partial charge in [0.15, 0.2) is 11.9 Å². The molecule has 0 aromatic rings. The fourth-order valence-electron chi connectivity index (χ4n) is 0.358. The maximum absolute atomic E-state index is 8.74. The van der Waals surface area contributed by atoms with E-state index in [4.69, 9.17) is 40.5 Å². The Balaban J connectivity index is -0.000000206. The summed E-state index contributed by atoms with van der Waals surface area (Å²) in [5.41, 5.74) is 19.9. The predicted octanol–water partition coefficient (Wildman–Crippen LogP) is -2.27. The Hall–Kier alpha value is -0.890. The molecule has 0 aliphatic heterocycles. The molecule has 0 atom stereocenters. The lowest BCUT2D eigenvalue weighted by atomic mass is 10.8. The zero-order valence-corrected chi connectivity index (χ0v) is 12.7. The number of rotatable bonds is 4. The van der Waals surface area contributed by atoms with Crippen LogP contribution in [0.15, 0.2) is 9.98 Å². The largest absolute Gasteiger partial charge is 0.394 e. The monoisotopic (exact) mass is 336 g/mol. The SMILES string of the molecule is NC(N)=NCCS.NC(N)=NCCS.O=S(=O)(O)O.